The van der Waals surface area contributed by atoms with Gasteiger partial charge in [-0.2, -0.15) is 4.31 Å². The van der Waals surface area contributed by atoms with Gasteiger partial charge in [-0.05, 0) is 64.7 Å². The second kappa shape index (κ2) is 8.78. The number of aryl methyl sites for hydroxylation is 2. The minimum absolute atomic E-state index is 0.257. The van der Waals surface area contributed by atoms with Crippen molar-refractivity contribution in [2.75, 3.05) is 26.2 Å². The lowest BCUT2D eigenvalue weighted by Crippen LogP contribution is -2.48. The van der Waals surface area contributed by atoms with Crippen LogP contribution in [0.1, 0.15) is 16.7 Å². The Morgan fingerprint density at radius 2 is 1.71 bits per heavy atom. The van der Waals surface area contributed by atoms with Crippen LogP contribution >= 0.6 is 31.9 Å². The lowest BCUT2D eigenvalue weighted by atomic mass is 10.0. The van der Waals surface area contributed by atoms with Crippen molar-refractivity contribution >= 4 is 52.9 Å². The van der Waals surface area contributed by atoms with Crippen LogP contribution in [0.3, 0.4) is 0 Å². The summed E-state index contributed by atoms with van der Waals surface area (Å²) in [5, 5.41) is 0.927. The van der Waals surface area contributed by atoms with E-state index in [1.165, 1.54) is 4.31 Å². The van der Waals surface area contributed by atoms with E-state index in [0.29, 0.717) is 47.3 Å². The molecule has 0 bridgehead atoms. The van der Waals surface area contributed by atoms with Crippen molar-refractivity contribution in [3.8, 4) is 0 Å². The van der Waals surface area contributed by atoms with Crippen molar-refractivity contribution in [1.29, 1.82) is 0 Å². The maximum Gasteiger partial charge on any atom is 0.336 e. The van der Waals surface area contributed by atoms with E-state index in [4.69, 9.17) is 4.42 Å². The molecule has 1 aliphatic rings. The standard InChI is InChI=1S/C22H22Br2N2O4S/c1-14-3-5-18-16(11-21(27)30-22(18)15(14)2)13-25-7-9-26(10-8-25)31(28,29)20-12-17(23)4-6-19(20)24/h3-6,11-12H,7-10,13H2,1-2H3. The third kappa shape index (κ3) is 4.52. The molecular weight excluding hydrogens is 548 g/mol. The van der Waals surface area contributed by atoms with Crippen LogP contribution in [0.15, 0.2) is 59.5 Å². The van der Waals surface area contributed by atoms with Crippen molar-refractivity contribution in [3.05, 3.63) is 72.5 Å². The first-order valence-corrected chi connectivity index (χ1v) is 12.9. The van der Waals surface area contributed by atoms with Gasteiger partial charge in [0.05, 0.1) is 4.90 Å². The Hall–Kier alpha value is -1.52. The molecule has 1 aliphatic heterocycles. The molecular formula is C22H22Br2N2O4S. The average molecular weight is 570 g/mol. The number of benzene rings is 2. The van der Waals surface area contributed by atoms with E-state index in [0.717, 1.165) is 22.1 Å². The quantitative estimate of drug-likeness (QED) is 0.434. The maximum absolute atomic E-state index is 13.1. The van der Waals surface area contributed by atoms with Gasteiger partial charge >= 0.3 is 5.63 Å². The monoisotopic (exact) mass is 568 g/mol. The minimum Gasteiger partial charge on any atom is -0.422 e. The first kappa shape index (κ1) is 22.7. The molecule has 164 valence electrons. The van der Waals surface area contributed by atoms with Gasteiger partial charge in [-0.15, -0.1) is 0 Å². The Bertz CT molecular complexity index is 1310. The van der Waals surface area contributed by atoms with Gasteiger partial charge < -0.3 is 4.42 Å². The van der Waals surface area contributed by atoms with E-state index >= 15 is 0 Å². The molecule has 0 saturated carbocycles. The number of rotatable bonds is 4. The molecule has 2 heterocycles. The highest BCUT2D eigenvalue weighted by Crippen LogP contribution is 2.29. The Balaban J connectivity index is 1.53. The van der Waals surface area contributed by atoms with Crippen molar-refractivity contribution in [2.45, 2.75) is 25.3 Å². The smallest absolute Gasteiger partial charge is 0.336 e. The first-order chi connectivity index (χ1) is 14.7. The summed E-state index contributed by atoms with van der Waals surface area (Å²) in [5.41, 5.74) is 3.21. The van der Waals surface area contributed by atoms with E-state index in [1.807, 2.05) is 26.0 Å². The van der Waals surface area contributed by atoms with Gasteiger partial charge in [0.25, 0.3) is 0 Å². The normalized spacial score (nSPS) is 16.1. The summed E-state index contributed by atoms with van der Waals surface area (Å²) in [4.78, 5) is 14.6. The van der Waals surface area contributed by atoms with Gasteiger partial charge in [-0.1, -0.05) is 28.1 Å². The zero-order chi connectivity index (χ0) is 22.3. The summed E-state index contributed by atoms with van der Waals surface area (Å²) in [6, 6.07) is 10.7. The molecule has 0 radical (unpaired) electrons. The van der Waals surface area contributed by atoms with Gasteiger partial charge in [0.2, 0.25) is 10.0 Å². The van der Waals surface area contributed by atoms with E-state index in [1.54, 1.807) is 24.3 Å². The molecule has 0 amide bonds. The summed E-state index contributed by atoms with van der Waals surface area (Å²) in [6.07, 6.45) is 0. The fraction of sp³-hybridized carbons (Fsp3) is 0.318. The highest BCUT2D eigenvalue weighted by Gasteiger charge is 2.30. The van der Waals surface area contributed by atoms with Gasteiger partial charge in [-0.3, -0.25) is 4.90 Å². The van der Waals surface area contributed by atoms with Crippen LogP contribution in [0, 0.1) is 13.8 Å². The minimum atomic E-state index is -3.60. The van der Waals surface area contributed by atoms with E-state index in [-0.39, 0.29) is 10.5 Å². The molecule has 3 aromatic rings. The van der Waals surface area contributed by atoms with Crippen LogP contribution in [-0.2, 0) is 16.6 Å². The highest BCUT2D eigenvalue weighted by atomic mass is 79.9. The molecule has 0 spiro atoms. The van der Waals surface area contributed by atoms with Crippen molar-refractivity contribution in [3.63, 3.8) is 0 Å². The fourth-order valence-corrected chi connectivity index (χ4v) is 6.72. The molecule has 1 aromatic heterocycles. The lowest BCUT2D eigenvalue weighted by molar-refractivity contribution is 0.182. The van der Waals surface area contributed by atoms with Crippen molar-refractivity contribution in [2.24, 2.45) is 0 Å². The summed E-state index contributed by atoms with van der Waals surface area (Å²) in [7, 11) is -3.60. The van der Waals surface area contributed by atoms with Crippen molar-refractivity contribution < 1.29 is 12.8 Å². The SMILES string of the molecule is Cc1ccc2c(CN3CCN(S(=O)(=O)c4cc(Br)ccc4Br)CC3)cc(=O)oc2c1C. The van der Waals surface area contributed by atoms with Crippen LogP contribution < -0.4 is 5.63 Å². The Kier molecular flexibility index (Phi) is 6.42. The second-order valence-corrected chi connectivity index (χ2v) is 11.4. The summed E-state index contributed by atoms with van der Waals surface area (Å²) in [5.74, 6) is 0. The van der Waals surface area contributed by atoms with E-state index in [9.17, 15) is 13.2 Å². The number of hydrogen-bond donors (Lipinski definition) is 0. The Morgan fingerprint density at radius 3 is 2.42 bits per heavy atom. The third-order valence-corrected chi connectivity index (χ3v) is 9.14. The molecule has 0 unspecified atom stereocenters. The molecule has 0 N–H and O–H groups in total. The molecule has 31 heavy (non-hydrogen) atoms. The molecule has 6 nitrogen and oxygen atoms in total. The second-order valence-electron chi connectivity index (χ2n) is 7.73. The topological polar surface area (TPSA) is 70.8 Å². The molecule has 1 saturated heterocycles. The third-order valence-electron chi connectivity index (χ3n) is 5.75. The molecule has 1 fully saturated rings. The summed E-state index contributed by atoms with van der Waals surface area (Å²) < 4.78 is 34.5. The lowest BCUT2D eigenvalue weighted by Gasteiger charge is -2.34. The molecule has 4 rings (SSSR count). The highest BCUT2D eigenvalue weighted by molar-refractivity contribution is 9.11. The summed E-state index contributed by atoms with van der Waals surface area (Å²) >= 11 is 6.70. The predicted octanol–water partition coefficient (Wildman–Crippen LogP) is 4.44. The number of fused-ring (bicyclic) bond motifs is 1. The van der Waals surface area contributed by atoms with E-state index < -0.39 is 10.0 Å². The van der Waals surface area contributed by atoms with Gasteiger partial charge in [0, 0.05) is 53.1 Å². The molecule has 0 atom stereocenters. The first-order valence-electron chi connectivity index (χ1n) is 9.87. The average Bonchev–Trinajstić information content (AvgIpc) is 2.73. The zero-order valence-electron chi connectivity index (χ0n) is 17.2. The van der Waals surface area contributed by atoms with Crippen LogP contribution in [0.25, 0.3) is 11.0 Å². The van der Waals surface area contributed by atoms with Gasteiger partial charge in [-0.25, -0.2) is 13.2 Å². The molecule has 2 aromatic carbocycles. The largest absolute Gasteiger partial charge is 0.422 e. The number of piperazine rings is 1. The van der Waals surface area contributed by atoms with Crippen LogP contribution in [0.2, 0.25) is 0 Å². The van der Waals surface area contributed by atoms with Crippen LogP contribution in [0.4, 0.5) is 0 Å². The van der Waals surface area contributed by atoms with E-state index in [2.05, 4.69) is 36.8 Å². The number of halogens is 2. The fourth-order valence-electron chi connectivity index (χ4n) is 3.84. The number of nitrogens with zero attached hydrogens (tertiary/aromatic N) is 2. The van der Waals surface area contributed by atoms with Crippen molar-refractivity contribution in [1.82, 2.24) is 9.21 Å². The van der Waals surface area contributed by atoms with Crippen LogP contribution in [0.5, 0.6) is 0 Å². The Morgan fingerprint density at radius 1 is 1.00 bits per heavy atom. The molecule has 0 aliphatic carbocycles. The Labute approximate surface area is 198 Å². The predicted molar refractivity (Wildman–Crippen MR) is 128 cm³/mol. The number of hydrogen-bond acceptors (Lipinski definition) is 5. The molecule has 9 heteroatoms. The van der Waals surface area contributed by atoms with Crippen LogP contribution in [-0.4, -0.2) is 43.8 Å². The summed E-state index contributed by atoms with van der Waals surface area (Å²) in [6.45, 7) is 6.45. The number of sulfonamides is 1. The maximum atomic E-state index is 13.1. The zero-order valence-corrected chi connectivity index (χ0v) is 21.2. The van der Waals surface area contributed by atoms with Gasteiger partial charge in [0.1, 0.15) is 5.58 Å². The van der Waals surface area contributed by atoms with Gasteiger partial charge in [0.15, 0.2) is 0 Å².